The van der Waals surface area contributed by atoms with Crippen molar-refractivity contribution in [1.29, 1.82) is 0 Å². The van der Waals surface area contributed by atoms with Gasteiger partial charge in [-0.05, 0) is 86.1 Å². The number of rotatable bonds is 11. The molecule has 1 saturated heterocycles. The quantitative estimate of drug-likeness (QED) is 0.105. The fourth-order valence-corrected chi connectivity index (χ4v) is 5.60. The molecule has 256 valence electrons. The van der Waals surface area contributed by atoms with Crippen LogP contribution in [0.25, 0.3) is 44.6 Å². The Hall–Kier alpha value is -4.02. The highest BCUT2D eigenvalue weighted by Gasteiger charge is 2.22. The van der Waals surface area contributed by atoms with E-state index >= 15 is 0 Å². The van der Waals surface area contributed by atoms with Gasteiger partial charge < -0.3 is 32.7 Å². The molecule has 7 nitrogen and oxygen atoms in total. The number of furan rings is 2. The minimum absolute atomic E-state index is 0.117. The van der Waals surface area contributed by atoms with Crippen molar-refractivity contribution < 1.29 is 32.7 Å². The average Bonchev–Trinajstić information content (AvgIpc) is 3.91. The van der Waals surface area contributed by atoms with Crippen LogP contribution in [-0.2, 0) is 15.7 Å². The van der Waals surface area contributed by atoms with E-state index in [1.54, 1.807) is 14.2 Å². The van der Waals surface area contributed by atoms with Crippen molar-refractivity contribution in [2.45, 2.75) is 45.3 Å². The molecule has 0 atom stereocenters. The second-order valence-corrected chi connectivity index (χ2v) is 12.6. The molecule has 0 spiro atoms. The van der Waals surface area contributed by atoms with Crippen molar-refractivity contribution in [1.82, 2.24) is 0 Å². The minimum atomic E-state index is 0.117. The molecule has 1 aliphatic heterocycles. The molecule has 4 aromatic carbocycles. The fourth-order valence-electron chi connectivity index (χ4n) is 5.33. The second kappa shape index (κ2) is 18.7. The van der Waals surface area contributed by atoms with Crippen molar-refractivity contribution >= 4 is 45.0 Å². The Morgan fingerprint density at radius 3 is 1.80 bits per heavy atom. The molecule has 0 unspecified atom stereocenters. The summed E-state index contributed by atoms with van der Waals surface area (Å²) in [5.74, 6) is 3.32. The van der Waals surface area contributed by atoms with E-state index in [2.05, 4.69) is 47.1 Å². The van der Waals surface area contributed by atoms with Gasteiger partial charge in [-0.15, -0.1) is 0 Å². The first kappa shape index (κ1) is 36.3. The lowest BCUT2D eigenvalue weighted by Gasteiger charge is -2.04. The summed E-state index contributed by atoms with van der Waals surface area (Å²) in [5, 5.41) is 11.0. The normalized spacial score (nSPS) is 12.4. The van der Waals surface area contributed by atoms with Crippen molar-refractivity contribution in [3.63, 3.8) is 0 Å². The predicted octanol–water partition coefficient (Wildman–Crippen LogP) is 10.6. The number of ether oxygens (including phenoxy) is 2. The molecule has 0 bridgehead atoms. The molecule has 0 amide bonds. The van der Waals surface area contributed by atoms with Crippen LogP contribution >= 0.6 is 15.9 Å². The van der Waals surface area contributed by atoms with Gasteiger partial charge in [0.1, 0.15) is 34.2 Å². The van der Waals surface area contributed by atoms with Gasteiger partial charge in [-0.3, -0.25) is 0 Å². The molecular weight excluding hydrogens is 683 g/mol. The second-order valence-electron chi connectivity index (χ2n) is 11.7. The Kier molecular flexibility index (Phi) is 13.8. The standard InChI is InChI=1S/C18H18O3.C15H11BrO2.C7H15BO2/c1-20-16-9-8-15-11-17(21-18(15)12-16)14-6-4-13(5-7-14)3-2-10-19;1-17-13-7-4-11-8-14(18-15(11)9-13)10-2-5-12(16)6-3-10;1-2-3-6-9-8-5-4-7-10-8/h4-9,11-12,19H,2-3,10H2,1H3;2-9H,1H3;2-7H2,1H3. The van der Waals surface area contributed by atoms with Crippen LogP contribution in [0.15, 0.2) is 110 Å². The molecule has 6 aromatic rings. The van der Waals surface area contributed by atoms with Crippen molar-refractivity contribution in [3.8, 4) is 34.1 Å². The number of aliphatic hydroxyl groups excluding tert-OH is 1. The minimum Gasteiger partial charge on any atom is -0.497 e. The Balaban J connectivity index is 0.000000152. The molecule has 1 aliphatic rings. The van der Waals surface area contributed by atoms with Gasteiger partial charge in [-0.2, -0.15) is 0 Å². The van der Waals surface area contributed by atoms with E-state index in [-0.39, 0.29) is 13.7 Å². The van der Waals surface area contributed by atoms with E-state index in [0.29, 0.717) is 0 Å². The third-order valence-corrected chi connectivity index (χ3v) is 8.66. The number of halogens is 1. The molecule has 0 saturated carbocycles. The highest BCUT2D eigenvalue weighted by molar-refractivity contribution is 9.10. The zero-order valence-corrected chi connectivity index (χ0v) is 30.0. The van der Waals surface area contributed by atoms with E-state index in [9.17, 15) is 0 Å². The highest BCUT2D eigenvalue weighted by atomic mass is 79.9. The Morgan fingerprint density at radius 2 is 1.31 bits per heavy atom. The van der Waals surface area contributed by atoms with Gasteiger partial charge in [0.15, 0.2) is 0 Å². The number of hydrogen-bond donors (Lipinski definition) is 1. The van der Waals surface area contributed by atoms with Gasteiger partial charge in [-0.1, -0.05) is 65.7 Å². The number of hydrogen-bond acceptors (Lipinski definition) is 7. The topological polar surface area (TPSA) is 83.4 Å². The van der Waals surface area contributed by atoms with Gasteiger partial charge in [0.25, 0.3) is 0 Å². The summed E-state index contributed by atoms with van der Waals surface area (Å²) in [4.78, 5) is 0. The lowest BCUT2D eigenvalue weighted by atomic mass is 9.86. The van der Waals surface area contributed by atoms with E-state index in [1.807, 2.05) is 72.8 Å². The SMILES string of the molecule is CCCCOB1CCCO1.COc1ccc2cc(-c3ccc(Br)cc3)oc2c1.COc1ccc2cc(-c3ccc(CCCO)cc3)oc2c1. The lowest BCUT2D eigenvalue weighted by molar-refractivity contribution is 0.222. The molecule has 3 heterocycles. The van der Waals surface area contributed by atoms with Crippen LogP contribution in [0.2, 0.25) is 6.32 Å². The molecular formula is C40H44BBrO7. The first-order valence-electron chi connectivity index (χ1n) is 16.8. The van der Waals surface area contributed by atoms with Crippen LogP contribution in [0.4, 0.5) is 0 Å². The largest absolute Gasteiger partial charge is 0.497 e. The molecule has 7 rings (SSSR count). The van der Waals surface area contributed by atoms with Crippen LogP contribution in [0.3, 0.4) is 0 Å². The Labute approximate surface area is 297 Å². The van der Waals surface area contributed by atoms with Gasteiger partial charge in [0, 0.05) is 58.3 Å². The summed E-state index contributed by atoms with van der Waals surface area (Å²) in [6.45, 7) is 4.14. The summed E-state index contributed by atoms with van der Waals surface area (Å²) in [5.41, 5.74) is 5.01. The predicted molar refractivity (Wildman–Crippen MR) is 202 cm³/mol. The van der Waals surface area contributed by atoms with Crippen molar-refractivity contribution in [3.05, 3.63) is 107 Å². The number of aliphatic hydroxyl groups is 1. The zero-order valence-electron chi connectivity index (χ0n) is 28.5. The molecule has 1 fully saturated rings. The first-order chi connectivity index (χ1) is 24.0. The van der Waals surface area contributed by atoms with Gasteiger partial charge in [0.05, 0.1) is 14.2 Å². The number of methoxy groups -OCH3 is 2. The summed E-state index contributed by atoms with van der Waals surface area (Å²) >= 11 is 3.42. The van der Waals surface area contributed by atoms with E-state index < -0.39 is 0 Å². The molecule has 0 aliphatic carbocycles. The van der Waals surface area contributed by atoms with Crippen LogP contribution in [0.1, 0.15) is 38.2 Å². The maximum atomic E-state index is 8.86. The van der Waals surface area contributed by atoms with Crippen LogP contribution in [-0.4, -0.2) is 46.3 Å². The molecule has 2 aromatic heterocycles. The Bertz CT molecular complexity index is 1860. The fraction of sp³-hybridized carbons (Fsp3) is 0.300. The summed E-state index contributed by atoms with van der Waals surface area (Å²) in [6.07, 6.45) is 6.30. The maximum Gasteiger partial charge on any atom is 0.456 e. The van der Waals surface area contributed by atoms with E-state index in [1.165, 1.54) is 12.0 Å². The molecule has 0 radical (unpaired) electrons. The van der Waals surface area contributed by atoms with Crippen LogP contribution in [0, 0.1) is 0 Å². The maximum absolute atomic E-state index is 8.86. The summed E-state index contributed by atoms with van der Waals surface area (Å²) < 4.78 is 33.9. The number of aryl methyl sites for hydroxylation is 1. The lowest BCUT2D eigenvalue weighted by Crippen LogP contribution is -2.16. The third kappa shape index (κ3) is 10.5. The van der Waals surface area contributed by atoms with Crippen LogP contribution in [0.5, 0.6) is 11.5 Å². The van der Waals surface area contributed by atoms with Gasteiger partial charge in [0.2, 0.25) is 0 Å². The molecule has 49 heavy (non-hydrogen) atoms. The van der Waals surface area contributed by atoms with Crippen molar-refractivity contribution in [2.75, 3.05) is 34.0 Å². The third-order valence-electron chi connectivity index (χ3n) is 8.13. The van der Waals surface area contributed by atoms with Crippen LogP contribution < -0.4 is 9.47 Å². The summed E-state index contributed by atoms with van der Waals surface area (Å²) in [6, 6.07) is 32.1. The average molecular weight is 728 g/mol. The smallest absolute Gasteiger partial charge is 0.456 e. The van der Waals surface area contributed by atoms with Gasteiger partial charge >= 0.3 is 7.12 Å². The number of benzene rings is 4. The monoisotopic (exact) mass is 726 g/mol. The number of unbranched alkanes of at least 4 members (excludes halogenated alkanes) is 1. The van der Waals surface area contributed by atoms with E-state index in [4.69, 9.17) is 32.7 Å². The highest BCUT2D eigenvalue weighted by Crippen LogP contribution is 2.32. The van der Waals surface area contributed by atoms with Gasteiger partial charge in [-0.25, -0.2) is 0 Å². The number of fused-ring (bicyclic) bond motifs is 2. The summed E-state index contributed by atoms with van der Waals surface area (Å²) in [7, 11) is 3.42. The Morgan fingerprint density at radius 1 is 0.735 bits per heavy atom. The zero-order chi connectivity index (χ0) is 34.4. The molecule has 1 N–H and O–H groups in total. The van der Waals surface area contributed by atoms with E-state index in [0.717, 1.165) is 106 Å². The first-order valence-corrected chi connectivity index (χ1v) is 17.6. The molecule has 9 heteroatoms. The van der Waals surface area contributed by atoms with Crippen molar-refractivity contribution in [2.24, 2.45) is 0 Å².